The first kappa shape index (κ1) is 20.9. The van der Waals surface area contributed by atoms with Gasteiger partial charge in [0.05, 0.1) is 17.8 Å². The van der Waals surface area contributed by atoms with Crippen LogP contribution in [-0.2, 0) is 17.5 Å². The molecule has 1 fully saturated rings. The third-order valence-corrected chi connectivity index (χ3v) is 4.55. The SMILES string of the molecule is C=NCc1ccc(N2C(=O)N(CCCCO)C(C)(C)C2=O)cc1C(F)(F)F. The van der Waals surface area contributed by atoms with E-state index in [1.165, 1.54) is 17.0 Å². The van der Waals surface area contributed by atoms with Crippen molar-refractivity contribution in [1.29, 1.82) is 0 Å². The number of aliphatic hydroxyl groups excluding tert-OH is 1. The van der Waals surface area contributed by atoms with Crippen LogP contribution in [0.4, 0.5) is 23.7 Å². The molecule has 27 heavy (non-hydrogen) atoms. The van der Waals surface area contributed by atoms with E-state index in [0.717, 1.165) is 11.0 Å². The molecule has 9 heteroatoms. The minimum absolute atomic E-state index is 0.0478. The molecule has 6 nitrogen and oxygen atoms in total. The van der Waals surface area contributed by atoms with E-state index in [9.17, 15) is 22.8 Å². The van der Waals surface area contributed by atoms with Gasteiger partial charge in [0.2, 0.25) is 0 Å². The third kappa shape index (κ3) is 3.97. The number of halogens is 3. The van der Waals surface area contributed by atoms with Crippen LogP contribution in [0.15, 0.2) is 23.2 Å². The number of unbranched alkanes of at least 4 members (excludes halogenated alkanes) is 1. The fraction of sp³-hybridized carbons (Fsp3) is 0.500. The van der Waals surface area contributed by atoms with E-state index < -0.39 is 29.2 Å². The van der Waals surface area contributed by atoms with Crippen LogP contribution < -0.4 is 4.90 Å². The molecule has 0 spiro atoms. The van der Waals surface area contributed by atoms with Crippen LogP contribution in [0.5, 0.6) is 0 Å². The monoisotopic (exact) mass is 385 g/mol. The summed E-state index contributed by atoms with van der Waals surface area (Å²) in [5.74, 6) is -0.598. The number of alkyl halides is 3. The van der Waals surface area contributed by atoms with Crippen molar-refractivity contribution in [1.82, 2.24) is 4.90 Å². The zero-order valence-electron chi connectivity index (χ0n) is 15.2. The first-order valence-corrected chi connectivity index (χ1v) is 8.45. The number of carbonyl (C=O) groups excluding carboxylic acids is 2. The van der Waals surface area contributed by atoms with Gasteiger partial charge in [-0.3, -0.25) is 9.79 Å². The highest BCUT2D eigenvalue weighted by molar-refractivity contribution is 6.23. The number of rotatable bonds is 7. The molecule has 1 aromatic carbocycles. The van der Waals surface area contributed by atoms with Gasteiger partial charge >= 0.3 is 12.2 Å². The van der Waals surface area contributed by atoms with Crippen LogP contribution in [0.25, 0.3) is 0 Å². The van der Waals surface area contributed by atoms with Crippen molar-refractivity contribution in [3.8, 4) is 0 Å². The molecule has 1 N–H and O–H groups in total. The highest BCUT2D eigenvalue weighted by atomic mass is 19.4. The fourth-order valence-corrected chi connectivity index (χ4v) is 3.05. The van der Waals surface area contributed by atoms with E-state index in [1.54, 1.807) is 13.8 Å². The van der Waals surface area contributed by atoms with Gasteiger partial charge in [0.1, 0.15) is 5.54 Å². The van der Waals surface area contributed by atoms with Gasteiger partial charge in [0.15, 0.2) is 0 Å². The highest BCUT2D eigenvalue weighted by Gasteiger charge is 2.51. The van der Waals surface area contributed by atoms with Crippen molar-refractivity contribution in [2.45, 2.75) is 44.9 Å². The van der Waals surface area contributed by atoms with Crippen LogP contribution in [0.1, 0.15) is 37.8 Å². The molecule has 3 amide bonds. The maximum Gasteiger partial charge on any atom is 0.416 e. The Balaban J connectivity index is 2.43. The minimum Gasteiger partial charge on any atom is -0.396 e. The van der Waals surface area contributed by atoms with Crippen LogP contribution in [0.2, 0.25) is 0 Å². The molecule has 1 saturated heterocycles. The molecule has 2 rings (SSSR count). The number of hydrogen-bond acceptors (Lipinski definition) is 4. The van der Waals surface area contributed by atoms with Crippen molar-refractivity contribution in [3.63, 3.8) is 0 Å². The number of amides is 3. The summed E-state index contributed by atoms with van der Waals surface area (Å²) in [5, 5.41) is 8.90. The Morgan fingerprint density at radius 3 is 2.44 bits per heavy atom. The molecule has 0 aromatic heterocycles. The lowest BCUT2D eigenvalue weighted by molar-refractivity contribution is -0.138. The number of benzene rings is 1. The van der Waals surface area contributed by atoms with E-state index in [4.69, 9.17) is 5.11 Å². The third-order valence-electron chi connectivity index (χ3n) is 4.55. The summed E-state index contributed by atoms with van der Waals surface area (Å²) in [4.78, 5) is 31.1. The lowest BCUT2D eigenvalue weighted by Crippen LogP contribution is -2.44. The first-order valence-electron chi connectivity index (χ1n) is 8.45. The summed E-state index contributed by atoms with van der Waals surface area (Å²) in [5.41, 5.74) is -2.36. The number of urea groups is 1. The standard InChI is InChI=1S/C18H22F3N3O3/c1-17(2)15(26)24(16(27)23(17)8-4-5-9-25)13-7-6-12(11-22-3)14(10-13)18(19,20)21/h6-7,10,25H,3-5,8-9,11H2,1-2H3. The van der Waals surface area contributed by atoms with Gasteiger partial charge < -0.3 is 10.0 Å². The van der Waals surface area contributed by atoms with Gasteiger partial charge in [-0.05, 0) is 51.1 Å². The van der Waals surface area contributed by atoms with E-state index in [2.05, 4.69) is 11.7 Å². The maximum absolute atomic E-state index is 13.4. The Kier molecular flexibility index (Phi) is 5.94. The predicted octanol–water partition coefficient (Wildman–Crippen LogP) is 3.23. The van der Waals surface area contributed by atoms with Gasteiger partial charge in [-0.15, -0.1) is 0 Å². The Morgan fingerprint density at radius 1 is 1.22 bits per heavy atom. The van der Waals surface area contributed by atoms with Crippen LogP contribution >= 0.6 is 0 Å². The van der Waals surface area contributed by atoms with E-state index in [-0.39, 0.29) is 30.9 Å². The number of aliphatic imine (C=N–C) groups is 1. The Morgan fingerprint density at radius 2 is 1.89 bits per heavy atom. The average Bonchev–Trinajstić information content (AvgIpc) is 2.74. The van der Waals surface area contributed by atoms with Gasteiger partial charge in [-0.1, -0.05) is 6.07 Å². The molecule has 0 saturated carbocycles. The first-order chi connectivity index (χ1) is 12.6. The Bertz CT molecular complexity index is 747. The molecule has 1 aliphatic rings. The fourth-order valence-electron chi connectivity index (χ4n) is 3.05. The number of aliphatic hydroxyl groups is 1. The van der Waals surface area contributed by atoms with Gasteiger partial charge in [-0.25, -0.2) is 9.69 Å². The van der Waals surface area contributed by atoms with Gasteiger partial charge in [-0.2, -0.15) is 13.2 Å². The van der Waals surface area contributed by atoms with Crippen molar-refractivity contribution in [3.05, 3.63) is 29.3 Å². The normalized spacial score (nSPS) is 17.0. The lowest BCUT2D eigenvalue weighted by atomic mass is 10.0. The molecule has 0 atom stereocenters. The number of carbonyl (C=O) groups is 2. The molecule has 0 aliphatic carbocycles. The maximum atomic E-state index is 13.4. The molecule has 0 bridgehead atoms. The Hall–Kier alpha value is -2.42. The summed E-state index contributed by atoms with van der Waals surface area (Å²) in [6.45, 7) is 6.25. The quantitative estimate of drug-likeness (QED) is 0.445. The summed E-state index contributed by atoms with van der Waals surface area (Å²) in [7, 11) is 0. The van der Waals surface area contributed by atoms with Gasteiger partial charge in [0.25, 0.3) is 5.91 Å². The van der Waals surface area contributed by atoms with Crippen molar-refractivity contribution in [2.75, 3.05) is 18.1 Å². The van der Waals surface area contributed by atoms with Crippen molar-refractivity contribution >= 4 is 24.3 Å². The molecule has 0 unspecified atom stereocenters. The van der Waals surface area contributed by atoms with Gasteiger partial charge in [0, 0.05) is 13.2 Å². The number of hydrogen-bond donors (Lipinski definition) is 1. The predicted molar refractivity (Wildman–Crippen MR) is 94.7 cm³/mol. The zero-order valence-corrected chi connectivity index (χ0v) is 15.2. The molecule has 1 heterocycles. The Labute approximate surface area is 155 Å². The summed E-state index contributed by atoms with van der Waals surface area (Å²) >= 11 is 0. The molecule has 1 aromatic rings. The highest BCUT2D eigenvalue weighted by Crippen LogP contribution is 2.38. The van der Waals surface area contributed by atoms with Crippen LogP contribution in [-0.4, -0.2) is 47.4 Å². The molecular formula is C18H22F3N3O3. The second-order valence-corrected chi connectivity index (χ2v) is 6.79. The lowest BCUT2D eigenvalue weighted by Gasteiger charge is -2.27. The molecular weight excluding hydrogens is 363 g/mol. The summed E-state index contributed by atoms with van der Waals surface area (Å²) < 4.78 is 40.1. The topological polar surface area (TPSA) is 73.2 Å². The minimum atomic E-state index is -4.65. The van der Waals surface area contributed by atoms with E-state index in [0.29, 0.717) is 12.8 Å². The van der Waals surface area contributed by atoms with E-state index >= 15 is 0 Å². The number of imide groups is 1. The summed E-state index contributed by atoms with van der Waals surface area (Å²) in [6, 6.07) is 2.63. The average molecular weight is 385 g/mol. The zero-order chi connectivity index (χ0) is 20.4. The number of anilines is 1. The largest absolute Gasteiger partial charge is 0.416 e. The second-order valence-electron chi connectivity index (χ2n) is 6.79. The smallest absolute Gasteiger partial charge is 0.396 e. The van der Waals surface area contributed by atoms with Crippen molar-refractivity contribution in [2.24, 2.45) is 4.99 Å². The second kappa shape index (κ2) is 7.67. The van der Waals surface area contributed by atoms with Crippen molar-refractivity contribution < 1.29 is 27.9 Å². The number of nitrogens with zero attached hydrogens (tertiary/aromatic N) is 3. The molecule has 0 radical (unpaired) electrons. The van der Waals surface area contributed by atoms with E-state index in [1.807, 2.05) is 0 Å². The molecule has 1 aliphatic heterocycles. The van der Waals surface area contributed by atoms with Crippen LogP contribution in [0.3, 0.4) is 0 Å². The van der Waals surface area contributed by atoms with Crippen LogP contribution in [0, 0.1) is 0 Å². The molecule has 148 valence electrons. The summed E-state index contributed by atoms with van der Waals surface area (Å²) in [6.07, 6.45) is -3.72.